The smallest absolute Gasteiger partial charge is 0.423 e. The standard InChI is InChI=1S/C22H35BN2O4S/c1-2-21(26)24-15-17-30-16-10-8-6-4-3-5-7-9-14-22(27)25-20-13-11-12-19(18-20)23(28)29/h2,11-13,18,28-29H,1,3-10,14-17H2,(H,24,26)(H,25,27). The molecule has 0 saturated heterocycles. The molecule has 166 valence electrons. The molecule has 8 heteroatoms. The zero-order valence-electron chi connectivity index (χ0n) is 17.8. The maximum atomic E-state index is 12.0. The summed E-state index contributed by atoms with van der Waals surface area (Å²) in [6.07, 6.45) is 11.0. The first-order valence-electron chi connectivity index (χ1n) is 10.8. The second-order valence-corrected chi connectivity index (χ2v) is 8.46. The largest absolute Gasteiger partial charge is 0.488 e. The maximum absolute atomic E-state index is 12.0. The SMILES string of the molecule is C=CC(=O)NCCSCCCCCCCCCCC(=O)Nc1cccc(B(O)O)c1. The van der Waals surface area contributed by atoms with Gasteiger partial charge in [0.1, 0.15) is 0 Å². The molecule has 0 aliphatic heterocycles. The first-order chi connectivity index (χ1) is 14.5. The number of hydrogen-bond donors (Lipinski definition) is 4. The normalized spacial score (nSPS) is 10.5. The molecule has 0 aliphatic carbocycles. The molecule has 0 spiro atoms. The van der Waals surface area contributed by atoms with Crippen molar-refractivity contribution in [2.75, 3.05) is 23.4 Å². The highest BCUT2D eigenvalue weighted by Crippen LogP contribution is 2.12. The minimum atomic E-state index is -1.53. The van der Waals surface area contributed by atoms with Gasteiger partial charge in [0.2, 0.25) is 11.8 Å². The number of hydrogen-bond acceptors (Lipinski definition) is 5. The van der Waals surface area contributed by atoms with Crippen LogP contribution in [0.3, 0.4) is 0 Å². The van der Waals surface area contributed by atoms with Crippen molar-refractivity contribution in [3.63, 3.8) is 0 Å². The first kappa shape index (κ1) is 26.3. The summed E-state index contributed by atoms with van der Waals surface area (Å²) < 4.78 is 0. The Morgan fingerprint density at radius 3 is 2.33 bits per heavy atom. The Balaban J connectivity index is 1.90. The van der Waals surface area contributed by atoms with Crippen LogP contribution in [0.4, 0.5) is 5.69 Å². The van der Waals surface area contributed by atoms with Crippen molar-refractivity contribution in [3.8, 4) is 0 Å². The molecule has 0 unspecified atom stereocenters. The van der Waals surface area contributed by atoms with Crippen LogP contribution in [0.5, 0.6) is 0 Å². The summed E-state index contributed by atoms with van der Waals surface area (Å²) in [5.41, 5.74) is 0.952. The molecule has 4 N–H and O–H groups in total. The van der Waals surface area contributed by atoms with E-state index < -0.39 is 7.12 Å². The Bertz CT molecular complexity index is 643. The Kier molecular flexibility index (Phi) is 14.9. The Morgan fingerprint density at radius 1 is 1.00 bits per heavy atom. The third-order valence-electron chi connectivity index (χ3n) is 4.64. The molecule has 1 rings (SSSR count). The molecular formula is C22H35BN2O4S. The van der Waals surface area contributed by atoms with E-state index in [9.17, 15) is 9.59 Å². The van der Waals surface area contributed by atoms with Gasteiger partial charge in [0.25, 0.3) is 0 Å². The second kappa shape index (κ2) is 17.0. The Labute approximate surface area is 185 Å². The summed E-state index contributed by atoms with van der Waals surface area (Å²) in [5.74, 6) is 1.94. The van der Waals surface area contributed by atoms with E-state index in [0.29, 0.717) is 24.1 Å². The van der Waals surface area contributed by atoms with E-state index in [4.69, 9.17) is 10.0 Å². The van der Waals surface area contributed by atoms with Gasteiger partial charge >= 0.3 is 7.12 Å². The van der Waals surface area contributed by atoms with Crippen LogP contribution in [-0.4, -0.2) is 47.0 Å². The van der Waals surface area contributed by atoms with Gasteiger partial charge < -0.3 is 20.7 Å². The van der Waals surface area contributed by atoms with Gasteiger partial charge in [-0.15, -0.1) is 0 Å². The molecule has 0 fully saturated rings. The predicted octanol–water partition coefficient (Wildman–Crippen LogP) is 2.85. The van der Waals surface area contributed by atoms with Crippen molar-refractivity contribution < 1.29 is 19.6 Å². The van der Waals surface area contributed by atoms with Crippen molar-refractivity contribution in [2.24, 2.45) is 0 Å². The van der Waals surface area contributed by atoms with Crippen LogP contribution in [-0.2, 0) is 9.59 Å². The molecule has 1 aromatic carbocycles. The lowest BCUT2D eigenvalue weighted by atomic mass is 9.80. The van der Waals surface area contributed by atoms with E-state index >= 15 is 0 Å². The van der Waals surface area contributed by atoms with E-state index in [0.717, 1.165) is 30.8 Å². The monoisotopic (exact) mass is 434 g/mol. The first-order valence-corrected chi connectivity index (χ1v) is 11.9. The minimum absolute atomic E-state index is 0.0406. The molecule has 2 amide bonds. The van der Waals surface area contributed by atoms with Crippen LogP contribution in [0.2, 0.25) is 0 Å². The van der Waals surface area contributed by atoms with E-state index in [1.165, 1.54) is 38.2 Å². The van der Waals surface area contributed by atoms with E-state index in [2.05, 4.69) is 17.2 Å². The number of anilines is 1. The van der Waals surface area contributed by atoms with E-state index in [-0.39, 0.29) is 11.8 Å². The van der Waals surface area contributed by atoms with Gasteiger partial charge in [-0.05, 0) is 42.3 Å². The van der Waals surface area contributed by atoms with Gasteiger partial charge in [-0.25, -0.2) is 0 Å². The molecule has 0 saturated carbocycles. The van der Waals surface area contributed by atoms with Crippen molar-refractivity contribution >= 4 is 41.8 Å². The van der Waals surface area contributed by atoms with Crippen LogP contribution in [0.1, 0.15) is 57.8 Å². The van der Waals surface area contributed by atoms with Gasteiger partial charge in [-0.1, -0.05) is 57.2 Å². The molecule has 0 aliphatic rings. The van der Waals surface area contributed by atoms with Crippen molar-refractivity contribution in [1.29, 1.82) is 0 Å². The topological polar surface area (TPSA) is 98.7 Å². The quantitative estimate of drug-likeness (QED) is 0.172. The maximum Gasteiger partial charge on any atom is 0.488 e. The number of rotatable bonds is 17. The van der Waals surface area contributed by atoms with Gasteiger partial charge in [-0.2, -0.15) is 11.8 Å². The summed E-state index contributed by atoms with van der Waals surface area (Å²) in [4.78, 5) is 23.0. The van der Waals surface area contributed by atoms with Crippen LogP contribution in [0.15, 0.2) is 36.9 Å². The number of thioether (sulfide) groups is 1. The molecular weight excluding hydrogens is 399 g/mol. The lowest BCUT2D eigenvalue weighted by Gasteiger charge is -2.07. The highest BCUT2D eigenvalue weighted by molar-refractivity contribution is 7.99. The molecule has 1 aromatic rings. The fraction of sp³-hybridized carbons (Fsp3) is 0.545. The zero-order valence-corrected chi connectivity index (χ0v) is 18.6. The summed E-state index contributed by atoms with van der Waals surface area (Å²) in [5, 5.41) is 23.9. The molecule has 0 aromatic heterocycles. The van der Waals surface area contributed by atoms with Gasteiger partial charge in [0.05, 0.1) is 0 Å². The third kappa shape index (κ3) is 13.5. The number of benzene rings is 1. The molecule has 0 heterocycles. The van der Waals surface area contributed by atoms with Crippen LogP contribution in [0.25, 0.3) is 0 Å². The molecule has 30 heavy (non-hydrogen) atoms. The summed E-state index contributed by atoms with van der Waals surface area (Å²) in [6.45, 7) is 4.12. The average molecular weight is 434 g/mol. The Hall–Kier alpha value is -1.77. The second-order valence-electron chi connectivity index (χ2n) is 7.23. The number of carbonyl (C=O) groups excluding carboxylic acids is 2. The molecule has 0 atom stereocenters. The Morgan fingerprint density at radius 2 is 1.67 bits per heavy atom. The average Bonchev–Trinajstić information content (AvgIpc) is 2.73. The third-order valence-corrected chi connectivity index (χ3v) is 5.71. The predicted molar refractivity (Wildman–Crippen MR) is 127 cm³/mol. The van der Waals surface area contributed by atoms with Gasteiger partial charge in [0, 0.05) is 24.4 Å². The number of unbranched alkanes of at least 4 members (excludes halogenated alkanes) is 7. The van der Waals surface area contributed by atoms with Crippen LogP contribution < -0.4 is 16.1 Å². The van der Waals surface area contributed by atoms with Gasteiger partial charge in [0.15, 0.2) is 0 Å². The zero-order chi connectivity index (χ0) is 22.0. The molecule has 0 bridgehead atoms. The number of amides is 2. The molecule has 0 radical (unpaired) electrons. The van der Waals surface area contributed by atoms with Crippen LogP contribution >= 0.6 is 11.8 Å². The van der Waals surface area contributed by atoms with E-state index in [1.807, 2.05) is 11.8 Å². The lowest BCUT2D eigenvalue weighted by molar-refractivity contribution is -0.117. The van der Waals surface area contributed by atoms with Crippen molar-refractivity contribution in [2.45, 2.75) is 57.8 Å². The van der Waals surface area contributed by atoms with E-state index in [1.54, 1.807) is 24.3 Å². The lowest BCUT2D eigenvalue weighted by Crippen LogP contribution is -2.30. The summed E-state index contributed by atoms with van der Waals surface area (Å²) >= 11 is 1.87. The highest BCUT2D eigenvalue weighted by atomic mass is 32.2. The highest BCUT2D eigenvalue weighted by Gasteiger charge is 2.11. The van der Waals surface area contributed by atoms with Crippen molar-refractivity contribution in [3.05, 3.63) is 36.9 Å². The molecule has 6 nitrogen and oxygen atoms in total. The summed E-state index contributed by atoms with van der Waals surface area (Å²) in [7, 11) is -1.53. The fourth-order valence-electron chi connectivity index (χ4n) is 2.97. The number of carbonyl (C=O) groups is 2. The van der Waals surface area contributed by atoms with Crippen molar-refractivity contribution in [1.82, 2.24) is 5.32 Å². The number of nitrogens with one attached hydrogen (secondary N) is 2. The minimum Gasteiger partial charge on any atom is -0.423 e. The summed E-state index contributed by atoms with van der Waals surface area (Å²) in [6, 6.07) is 6.60. The van der Waals surface area contributed by atoms with Crippen LogP contribution in [0, 0.1) is 0 Å². The fourth-order valence-corrected chi connectivity index (χ4v) is 3.83. The van der Waals surface area contributed by atoms with Gasteiger partial charge in [-0.3, -0.25) is 9.59 Å².